The number of aromatic nitrogens is 1. The van der Waals surface area contributed by atoms with Crippen LogP contribution < -0.4 is 10.1 Å². The maximum absolute atomic E-state index is 12.3. The van der Waals surface area contributed by atoms with E-state index in [1.807, 2.05) is 30.5 Å². The Labute approximate surface area is 157 Å². The number of rotatable bonds is 5. The fourth-order valence-electron chi connectivity index (χ4n) is 2.96. The first-order valence-electron chi connectivity index (χ1n) is 8.43. The third-order valence-corrected chi connectivity index (χ3v) is 4.99. The number of anilines is 1. The van der Waals surface area contributed by atoms with Crippen LogP contribution in [0.3, 0.4) is 0 Å². The van der Waals surface area contributed by atoms with Gasteiger partial charge in [0.1, 0.15) is 5.75 Å². The van der Waals surface area contributed by atoms with Crippen molar-refractivity contribution in [3.05, 3.63) is 64.0 Å². The van der Waals surface area contributed by atoms with E-state index in [1.54, 1.807) is 7.11 Å². The number of nitrogens with zero attached hydrogens (tertiary/aromatic N) is 1. The molecule has 4 nitrogen and oxygen atoms in total. The minimum atomic E-state index is -0.0731. The van der Waals surface area contributed by atoms with Crippen LogP contribution in [0.4, 0.5) is 5.13 Å². The maximum atomic E-state index is 12.3. The number of aryl methyl sites for hydroxylation is 3. The van der Waals surface area contributed by atoms with Gasteiger partial charge in [-0.05, 0) is 43.5 Å². The summed E-state index contributed by atoms with van der Waals surface area (Å²) in [6.45, 7) is 6.12. The molecule has 3 rings (SSSR count). The lowest BCUT2D eigenvalue weighted by Crippen LogP contribution is -2.14. The van der Waals surface area contributed by atoms with Crippen molar-refractivity contribution < 1.29 is 9.53 Å². The van der Waals surface area contributed by atoms with Gasteiger partial charge in [-0.15, -0.1) is 11.3 Å². The molecule has 0 saturated heterocycles. The highest BCUT2D eigenvalue weighted by atomic mass is 32.1. The van der Waals surface area contributed by atoms with E-state index in [2.05, 4.69) is 42.3 Å². The highest BCUT2D eigenvalue weighted by molar-refractivity contribution is 7.14. The van der Waals surface area contributed by atoms with Gasteiger partial charge in [-0.2, -0.15) is 0 Å². The molecule has 1 N–H and O–H groups in total. The van der Waals surface area contributed by atoms with Crippen molar-refractivity contribution in [2.75, 3.05) is 12.4 Å². The predicted molar refractivity (Wildman–Crippen MR) is 107 cm³/mol. The first-order chi connectivity index (χ1) is 12.5. The third kappa shape index (κ3) is 4.11. The SMILES string of the molecule is COc1ccc(CC(=O)Nc2nc(-c3ccc(C)cc3C)cs2)cc1C. The Balaban J connectivity index is 1.69. The molecule has 0 aliphatic rings. The van der Waals surface area contributed by atoms with Crippen LogP contribution in [-0.2, 0) is 11.2 Å². The molecule has 0 bridgehead atoms. The van der Waals surface area contributed by atoms with Crippen LogP contribution in [0, 0.1) is 20.8 Å². The number of carbonyl (C=O) groups is 1. The molecule has 5 heteroatoms. The number of hydrogen-bond donors (Lipinski definition) is 1. The molecule has 3 aromatic rings. The van der Waals surface area contributed by atoms with Gasteiger partial charge < -0.3 is 10.1 Å². The molecule has 1 heterocycles. The molecular formula is C21H22N2O2S. The van der Waals surface area contributed by atoms with Gasteiger partial charge in [0, 0.05) is 10.9 Å². The Kier molecular flexibility index (Phi) is 5.38. The van der Waals surface area contributed by atoms with E-state index in [0.29, 0.717) is 11.6 Å². The zero-order valence-corrected chi connectivity index (χ0v) is 16.2. The standard InChI is InChI=1S/C21H22N2O2S/c1-13-5-7-17(14(2)9-13)18-12-26-21(22-18)23-20(24)11-16-6-8-19(25-4)15(3)10-16/h5-10,12H,11H2,1-4H3,(H,22,23,24). The average molecular weight is 366 g/mol. The van der Waals surface area contributed by atoms with Crippen LogP contribution in [0.2, 0.25) is 0 Å². The largest absolute Gasteiger partial charge is 0.496 e. The lowest BCUT2D eigenvalue weighted by molar-refractivity contribution is -0.115. The molecule has 134 valence electrons. The molecule has 1 amide bonds. The van der Waals surface area contributed by atoms with Crippen molar-refractivity contribution in [3.63, 3.8) is 0 Å². The van der Waals surface area contributed by atoms with E-state index in [-0.39, 0.29) is 5.91 Å². The first-order valence-corrected chi connectivity index (χ1v) is 9.31. The second kappa shape index (κ2) is 7.70. The summed E-state index contributed by atoms with van der Waals surface area (Å²) in [4.78, 5) is 16.9. The summed E-state index contributed by atoms with van der Waals surface area (Å²) in [6.07, 6.45) is 0.309. The van der Waals surface area contributed by atoms with Crippen molar-refractivity contribution in [2.24, 2.45) is 0 Å². The summed E-state index contributed by atoms with van der Waals surface area (Å²) in [7, 11) is 1.64. The highest BCUT2D eigenvalue weighted by Crippen LogP contribution is 2.28. The monoisotopic (exact) mass is 366 g/mol. The Morgan fingerprint density at radius 2 is 1.92 bits per heavy atom. The second-order valence-corrected chi connectivity index (χ2v) is 7.24. The fraction of sp³-hybridized carbons (Fsp3) is 0.238. The topological polar surface area (TPSA) is 51.2 Å². The van der Waals surface area contributed by atoms with E-state index in [1.165, 1.54) is 22.5 Å². The van der Waals surface area contributed by atoms with Crippen molar-refractivity contribution in [1.29, 1.82) is 0 Å². The van der Waals surface area contributed by atoms with Gasteiger partial charge in [0.2, 0.25) is 5.91 Å². The lowest BCUT2D eigenvalue weighted by Gasteiger charge is -2.07. The van der Waals surface area contributed by atoms with E-state index >= 15 is 0 Å². The van der Waals surface area contributed by atoms with E-state index in [0.717, 1.165) is 28.1 Å². The van der Waals surface area contributed by atoms with Gasteiger partial charge in [0.25, 0.3) is 0 Å². The van der Waals surface area contributed by atoms with E-state index < -0.39 is 0 Å². The number of carbonyl (C=O) groups excluding carboxylic acids is 1. The highest BCUT2D eigenvalue weighted by Gasteiger charge is 2.11. The third-order valence-electron chi connectivity index (χ3n) is 4.23. The van der Waals surface area contributed by atoms with E-state index in [4.69, 9.17) is 4.74 Å². The summed E-state index contributed by atoms with van der Waals surface area (Å²) < 4.78 is 5.25. The van der Waals surface area contributed by atoms with Gasteiger partial charge >= 0.3 is 0 Å². The number of thiazole rings is 1. The van der Waals surface area contributed by atoms with Crippen LogP contribution in [0.15, 0.2) is 41.8 Å². The number of hydrogen-bond acceptors (Lipinski definition) is 4. The van der Waals surface area contributed by atoms with Crippen LogP contribution in [0.5, 0.6) is 5.75 Å². The summed E-state index contributed by atoms with van der Waals surface area (Å²) in [6, 6.07) is 12.1. The molecule has 0 unspecified atom stereocenters. The molecule has 0 spiro atoms. The second-order valence-electron chi connectivity index (χ2n) is 6.39. The van der Waals surface area contributed by atoms with Crippen LogP contribution in [-0.4, -0.2) is 18.0 Å². The van der Waals surface area contributed by atoms with Crippen molar-refractivity contribution >= 4 is 22.4 Å². The van der Waals surface area contributed by atoms with Crippen molar-refractivity contribution in [3.8, 4) is 17.0 Å². The molecule has 0 aliphatic heterocycles. The van der Waals surface area contributed by atoms with Crippen LogP contribution in [0.25, 0.3) is 11.3 Å². The smallest absolute Gasteiger partial charge is 0.230 e. The molecule has 1 aromatic heterocycles. The maximum Gasteiger partial charge on any atom is 0.230 e. The summed E-state index contributed by atoms with van der Waals surface area (Å²) >= 11 is 1.44. The minimum Gasteiger partial charge on any atom is -0.496 e. The minimum absolute atomic E-state index is 0.0731. The molecule has 0 fully saturated rings. The number of methoxy groups -OCH3 is 1. The number of nitrogens with one attached hydrogen (secondary N) is 1. The molecule has 26 heavy (non-hydrogen) atoms. The number of amides is 1. The van der Waals surface area contributed by atoms with Crippen LogP contribution in [0.1, 0.15) is 22.3 Å². The predicted octanol–water partition coefficient (Wildman–Crippen LogP) is 4.93. The zero-order valence-electron chi connectivity index (χ0n) is 15.4. The van der Waals surface area contributed by atoms with Gasteiger partial charge in [-0.25, -0.2) is 4.98 Å². The normalized spacial score (nSPS) is 10.6. The van der Waals surface area contributed by atoms with Gasteiger partial charge in [0.05, 0.1) is 19.2 Å². The molecule has 2 aromatic carbocycles. The zero-order chi connectivity index (χ0) is 18.7. The van der Waals surface area contributed by atoms with Gasteiger partial charge in [-0.3, -0.25) is 4.79 Å². The number of benzene rings is 2. The summed E-state index contributed by atoms with van der Waals surface area (Å²) in [5.41, 5.74) is 6.36. The Hall–Kier alpha value is -2.66. The van der Waals surface area contributed by atoms with E-state index in [9.17, 15) is 4.79 Å². The summed E-state index contributed by atoms with van der Waals surface area (Å²) in [5.74, 6) is 0.753. The van der Waals surface area contributed by atoms with Crippen LogP contribution >= 0.6 is 11.3 Å². The Bertz CT molecular complexity index is 947. The van der Waals surface area contributed by atoms with Gasteiger partial charge in [-0.1, -0.05) is 35.9 Å². The average Bonchev–Trinajstić information content (AvgIpc) is 3.03. The Morgan fingerprint density at radius 3 is 2.62 bits per heavy atom. The molecule has 0 saturated carbocycles. The number of ether oxygens (including phenoxy) is 1. The lowest BCUT2D eigenvalue weighted by atomic mass is 10.0. The van der Waals surface area contributed by atoms with Crippen molar-refractivity contribution in [1.82, 2.24) is 4.98 Å². The Morgan fingerprint density at radius 1 is 1.12 bits per heavy atom. The molecule has 0 aliphatic carbocycles. The molecule has 0 radical (unpaired) electrons. The quantitative estimate of drug-likeness (QED) is 0.697. The van der Waals surface area contributed by atoms with Gasteiger partial charge in [0.15, 0.2) is 5.13 Å². The first kappa shape index (κ1) is 18.1. The molecule has 0 atom stereocenters. The van der Waals surface area contributed by atoms with Crippen molar-refractivity contribution in [2.45, 2.75) is 27.2 Å². The summed E-state index contributed by atoms with van der Waals surface area (Å²) in [5, 5.41) is 5.49. The molecular weight excluding hydrogens is 344 g/mol. The fourth-order valence-corrected chi connectivity index (χ4v) is 3.68.